The Balaban J connectivity index is 1.90. The maximum Gasteiger partial charge on any atom is 0.336 e. The zero-order valence-electron chi connectivity index (χ0n) is 10.8. The third-order valence-electron chi connectivity index (χ3n) is 2.98. The van der Waals surface area contributed by atoms with E-state index in [1.807, 2.05) is 0 Å². The minimum atomic E-state index is -0.602. The van der Waals surface area contributed by atoms with Gasteiger partial charge in [-0.2, -0.15) is 0 Å². The number of carbonyl (C=O) groups excluding carboxylic acids is 1. The first-order valence-electron chi connectivity index (χ1n) is 6.17. The molecule has 2 aromatic heterocycles. The minimum absolute atomic E-state index is 0.104. The van der Waals surface area contributed by atoms with Gasteiger partial charge in [-0.15, -0.1) is 0 Å². The van der Waals surface area contributed by atoms with Gasteiger partial charge in [0.2, 0.25) is 0 Å². The molecule has 3 rings (SSSR count). The van der Waals surface area contributed by atoms with Crippen molar-refractivity contribution in [3.05, 3.63) is 70.2 Å². The van der Waals surface area contributed by atoms with Gasteiger partial charge in [0.25, 0.3) is 5.91 Å². The highest BCUT2D eigenvalue weighted by Crippen LogP contribution is 2.18. The minimum Gasteiger partial charge on any atom is -0.459 e. The molecule has 0 bridgehead atoms. The van der Waals surface area contributed by atoms with Crippen LogP contribution in [0.25, 0.3) is 11.0 Å². The Hall–Kier alpha value is -2.89. The van der Waals surface area contributed by atoms with E-state index in [1.165, 1.54) is 30.5 Å². The monoisotopic (exact) mass is 287 g/mol. The lowest BCUT2D eigenvalue weighted by atomic mass is 10.1. The molecule has 0 atom stereocenters. The molecule has 1 aromatic carbocycles. The average molecular weight is 287 g/mol. The molecular weight excluding hydrogens is 277 g/mol. The Morgan fingerprint density at radius 3 is 2.86 bits per heavy atom. The lowest BCUT2D eigenvalue weighted by Gasteiger charge is -2.06. The number of furan rings is 1. The fourth-order valence-corrected chi connectivity index (χ4v) is 2.02. The van der Waals surface area contributed by atoms with Gasteiger partial charge in [-0.25, -0.2) is 9.18 Å². The first-order valence-corrected chi connectivity index (χ1v) is 6.17. The van der Waals surface area contributed by atoms with Crippen molar-refractivity contribution in [3.63, 3.8) is 0 Å². The Labute approximate surface area is 118 Å². The molecule has 6 heteroatoms. The van der Waals surface area contributed by atoms with Crippen LogP contribution in [0.15, 0.2) is 56.3 Å². The predicted octanol–water partition coefficient (Wildman–Crippen LogP) is 2.46. The summed E-state index contributed by atoms with van der Waals surface area (Å²) in [5, 5.41) is 3.19. The average Bonchev–Trinajstić information content (AvgIpc) is 2.97. The summed E-state index contributed by atoms with van der Waals surface area (Å²) < 4.78 is 23.1. The lowest BCUT2D eigenvalue weighted by molar-refractivity contribution is 0.0923. The zero-order chi connectivity index (χ0) is 14.8. The fraction of sp³-hybridized carbons (Fsp3) is 0.0667. The second-order valence-electron chi connectivity index (χ2n) is 4.39. The van der Waals surface area contributed by atoms with Gasteiger partial charge in [-0.3, -0.25) is 4.79 Å². The Kier molecular flexibility index (Phi) is 3.27. The Morgan fingerprint density at radius 1 is 1.24 bits per heavy atom. The molecule has 0 saturated carbocycles. The molecule has 5 nitrogen and oxygen atoms in total. The molecule has 1 N–H and O–H groups in total. The maximum absolute atomic E-state index is 13.2. The topological polar surface area (TPSA) is 72.5 Å². The smallest absolute Gasteiger partial charge is 0.336 e. The van der Waals surface area contributed by atoms with Crippen LogP contribution in [-0.2, 0) is 6.54 Å². The van der Waals surface area contributed by atoms with Crippen LogP contribution in [0.3, 0.4) is 0 Å². The molecule has 0 aliphatic heterocycles. The number of fused-ring (bicyclic) bond motifs is 1. The first-order chi connectivity index (χ1) is 10.1. The summed E-state index contributed by atoms with van der Waals surface area (Å²) in [6.45, 7) is 0.104. The summed E-state index contributed by atoms with van der Waals surface area (Å²) in [4.78, 5) is 23.3. The van der Waals surface area contributed by atoms with Crippen LogP contribution in [0.4, 0.5) is 4.39 Å². The molecule has 1 amide bonds. The number of halogens is 1. The highest BCUT2D eigenvalue weighted by Gasteiger charge is 2.11. The molecule has 0 aliphatic rings. The van der Waals surface area contributed by atoms with Crippen LogP contribution in [0.1, 0.15) is 16.1 Å². The van der Waals surface area contributed by atoms with Crippen molar-refractivity contribution in [2.75, 3.05) is 0 Å². The Morgan fingerprint density at radius 2 is 2.10 bits per heavy atom. The van der Waals surface area contributed by atoms with E-state index in [4.69, 9.17) is 8.83 Å². The molecule has 0 saturated heterocycles. The van der Waals surface area contributed by atoms with Crippen molar-refractivity contribution in [3.8, 4) is 0 Å². The normalized spacial score (nSPS) is 10.7. The molecule has 0 fully saturated rings. The van der Waals surface area contributed by atoms with E-state index in [0.717, 1.165) is 6.07 Å². The molecule has 106 valence electrons. The predicted molar refractivity (Wildman–Crippen MR) is 72.3 cm³/mol. The van der Waals surface area contributed by atoms with Crippen LogP contribution in [0.5, 0.6) is 0 Å². The number of nitrogens with one attached hydrogen (secondary N) is 1. The van der Waals surface area contributed by atoms with Crippen molar-refractivity contribution >= 4 is 16.9 Å². The standard InChI is InChI=1S/C15H10FNO4/c16-10-3-4-11-9(6-14(18)21-13(11)7-10)8-17-15(19)12-2-1-5-20-12/h1-7H,8H2,(H,17,19). The molecule has 3 aromatic rings. The summed E-state index contributed by atoms with van der Waals surface area (Å²) in [5.74, 6) is -0.723. The third-order valence-corrected chi connectivity index (χ3v) is 2.98. The van der Waals surface area contributed by atoms with Crippen molar-refractivity contribution in [1.29, 1.82) is 0 Å². The van der Waals surface area contributed by atoms with Gasteiger partial charge in [0.05, 0.1) is 6.26 Å². The van der Waals surface area contributed by atoms with E-state index < -0.39 is 17.3 Å². The van der Waals surface area contributed by atoms with Crippen molar-refractivity contribution < 1.29 is 18.0 Å². The van der Waals surface area contributed by atoms with Crippen molar-refractivity contribution in [2.45, 2.75) is 6.54 Å². The van der Waals surface area contributed by atoms with Gasteiger partial charge in [0.1, 0.15) is 11.4 Å². The number of amides is 1. The number of hydrogen-bond acceptors (Lipinski definition) is 4. The second-order valence-corrected chi connectivity index (χ2v) is 4.39. The van der Waals surface area contributed by atoms with Gasteiger partial charge in [0.15, 0.2) is 5.76 Å². The van der Waals surface area contributed by atoms with Crippen LogP contribution in [-0.4, -0.2) is 5.91 Å². The van der Waals surface area contributed by atoms with Gasteiger partial charge >= 0.3 is 5.63 Å². The van der Waals surface area contributed by atoms with Crippen LogP contribution >= 0.6 is 0 Å². The quantitative estimate of drug-likeness (QED) is 0.751. The molecule has 2 heterocycles. The van der Waals surface area contributed by atoms with Gasteiger partial charge in [-0.1, -0.05) is 0 Å². The molecule has 0 aliphatic carbocycles. The van der Waals surface area contributed by atoms with Gasteiger partial charge in [-0.05, 0) is 29.8 Å². The van der Waals surface area contributed by atoms with Crippen molar-refractivity contribution in [2.24, 2.45) is 0 Å². The van der Waals surface area contributed by atoms with E-state index in [0.29, 0.717) is 10.9 Å². The van der Waals surface area contributed by atoms with Gasteiger partial charge < -0.3 is 14.2 Å². The van der Waals surface area contributed by atoms with E-state index in [9.17, 15) is 14.0 Å². The number of carbonyl (C=O) groups is 1. The summed E-state index contributed by atoms with van der Waals surface area (Å²) in [6.07, 6.45) is 1.39. The fourth-order valence-electron chi connectivity index (χ4n) is 2.02. The van der Waals surface area contributed by atoms with Crippen LogP contribution < -0.4 is 10.9 Å². The molecular formula is C15H10FNO4. The molecule has 0 unspecified atom stereocenters. The van der Waals surface area contributed by atoms with Crippen LogP contribution in [0.2, 0.25) is 0 Å². The lowest BCUT2D eigenvalue weighted by Crippen LogP contribution is -2.23. The molecule has 0 radical (unpaired) electrons. The molecule has 0 spiro atoms. The van der Waals surface area contributed by atoms with E-state index in [2.05, 4.69) is 5.32 Å². The third kappa shape index (κ3) is 2.69. The highest BCUT2D eigenvalue weighted by molar-refractivity contribution is 5.91. The Bertz CT molecular complexity index is 852. The summed E-state index contributed by atoms with van der Waals surface area (Å²) >= 11 is 0. The number of benzene rings is 1. The van der Waals surface area contributed by atoms with E-state index in [1.54, 1.807) is 6.07 Å². The summed E-state index contributed by atoms with van der Waals surface area (Å²) in [5.41, 5.74) is 0.0845. The molecule has 21 heavy (non-hydrogen) atoms. The van der Waals surface area contributed by atoms with E-state index in [-0.39, 0.29) is 17.9 Å². The van der Waals surface area contributed by atoms with Crippen molar-refractivity contribution in [1.82, 2.24) is 5.32 Å². The van der Waals surface area contributed by atoms with Crippen LogP contribution in [0, 0.1) is 5.82 Å². The largest absolute Gasteiger partial charge is 0.459 e. The zero-order valence-corrected chi connectivity index (χ0v) is 10.8. The second kappa shape index (κ2) is 5.24. The number of rotatable bonds is 3. The SMILES string of the molecule is O=C(NCc1cc(=O)oc2cc(F)ccc12)c1ccco1. The summed E-state index contributed by atoms with van der Waals surface area (Å²) in [6, 6.07) is 8.30. The number of hydrogen-bond donors (Lipinski definition) is 1. The summed E-state index contributed by atoms with van der Waals surface area (Å²) in [7, 11) is 0. The maximum atomic E-state index is 13.2. The highest BCUT2D eigenvalue weighted by atomic mass is 19.1. The first kappa shape index (κ1) is 13.1. The van der Waals surface area contributed by atoms with E-state index >= 15 is 0 Å². The van der Waals surface area contributed by atoms with Gasteiger partial charge in [0, 0.05) is 24.1 Å².